The Morgan fingerprint density at radius 2 is 2.38 bits per heavy atom. The average Bonchev–Trinajstić information content (AvgIpc) is 2.51. The summed E-state index contributed by atoms with van der Waals surface area (Å²) in [6.45, 7) is 1.93. The number of aryl methyl sites for hydroxylation is 1. The number of hydrogen-bond donors (Lipinski definition) is 0. The molecule has 0 aliphatic carbocycles. The Bertz CT molecular complexity index is 495. The van der Waals surface area contributed by atoms with Crippen molar-refractivity contribution in [2.75, 3.05) is 0 Å². The number of nitrogens with zero attached hydrogens (tertiary/aromatic N) is 3. The van der Waals surface area contributed by atoms with Gasteiger partial charge in [-0.3, -0.25) is 4.40 Å². The highest BCUT2D eigenvalue weighted by Crippen LogP contribution is 2.16. The highest BCUT2D eigenvalue weighted by molar-refractivity contribution is 5.53. The van der Waals surface area contributed by atoms with Crippen molar-refractivity contribution in [3.63, 3.8) is 0 Å². The zero-order valence-electron chi connectivity index (χ0n) is 7.06. The molecule has 2 heterocycles. The summed E-state index contributed by atoms with van der Waals surface area (Å²) >= 11 is 0. The van der Waals surface area contributed by atoms with Crippen molar-refractivity contribution in [3.8, 4) is 0 Å². The first kappa shape index (κ1) is 7.71. The SMILES string of the molecule is Cc1cccc2ncc(N=C=O)n12. The minimum Gasteiger partial charge on any atom is -0.281 e. The van der Waals surface area contributed by atoms with Crippen LogP contribution in [0.1, 0.15) is 5.69 Å². The molecule has 4 heteroatoms. The third-order valence-corrected chi connectivity index (χ3v) is 1.87. The first-order chi connectivity index (χ1) is 6.33. The first-order valence-corrected chi connectivity index (χ1v) is 3.84. The number of carbonyl (C=O) groups excluding carboxylic acids is 1. The van der Waals surface area contributed by atoms with Crippen molar-refractivity contribution >= 4 is 17.5 Å². The molecule has 0 aromatic carbocycles. The zero-order valence-corrected chi connectivity index (χ0v) is 7.06. The van der Waals surface area contributed by atoms with Crippen LogP contribution in [0.5, 0.6) is 0 Å². The Kier molecular flexibility index (Phi) is 1.69. The van der Waals surface area contributed by atoms with Gasteiger partial charge < -0.3 is 0 Å². The molecule has 2 aromatic rings. The van der Waals surface area contributed by atoms with Crippen LogP contribution in [0, 0.1) is 6.92 Å². The van der Waals surface area contributed by atoms with E-state index in [2.05, 4.69) is 9.98 Å². The Morgan fingerprint density at radius 1 is 1.54 bits per heavy atom. The standard InChI is InChI=1S/C9H7N3O/c1-7-3-2-4-8-10-5-9(11-6-13)12(7)8/h2-5H,1H3. The molecule has 0 amide bonds. The van der Waals surface area contributed by atoms with Gasteiger partial charge in [0.25, 0.3) is 0 Å². The number of fused-ring (bicyclic) bond motifs is 1. The fourth-order valence-electron chi connectivity index (χ4n) is 1.31. The van der Waals surface area contributed by atoms with Crippen molar-refractivity contribution in [2.45, 2.75) is 6.92 Å². The van der Waals surface area contributed by atoms with E-state index >= 15 is 0 Å². The van der Waals surface area contributed by atoms with Crippen LogP contribution in [-0.4, -0.2) is 15.5 Å². The predicted octanol–water partition coefficient (Wildman–Crippen LogP) is 1.61. The Hall–Kier alpha value is -1.93. The van der Waals surface area contributed by atoms with Crippen LogP contribution in [0.3, 0.4) is 0 Å². The minimum atomic E-state index is 0.517. The molecule has 0 atom stereocenters. The molecule has 0 aliphatic rings. The average molecular weight is 173 g/mol. The van der Waals surface area contributed by atoms with Crippen molar-refractivity contribution in [1.82, 2.24) is 9.38 Å². The van der Waals surface area contributed by atoms with Gasteiger partial charge in [0.15, 0.2) is 5.82 Å². The summed E-state index contributed by atoms with van der Waals surface area (Å²) < 4.78 is 1.80. The van der Waals surface area contributed by atoms with Crippen LogP contribution in [0.25, 0.3) is 5.65 Å². The molecule has 0 spiro atoms. The van der Waals surface area contributed by atoms with Crippen LogP contribution < -0.4 is 0 Å². The zero-order chi connectivity index (χ0) is 9.26. The Morgan fingerprint density at radius 3 is 3.15 bits per heavy atom. The van der Waals surface area contributed by atoms with Crippen molar-refractivity contribution in [1.29, 1.82) is 0 Å². The lowest BCUT2D eigenvalue weighted by molar-refractivity contribution is 0.565. The Labute approximate surface area is 74.6 Å². The van der Waals surface area contributed by atoms with Gasteiger partial charge in [-0.05, 0) is 19.1 Å². The third-order valence-electron chi connectivity index (χ3n) is 1.87. The van der Waals surface area contributed by atoms with Gasteiger partial charge in [0.2, 0.25) is 6.08 Å². The summed E-state index contributed by atoms with van der Waals surface area (Å²) in [5.41, 5.74) is 1.78. The van der Waals surface area contributed by atoms with Gasteiger partial charge in [0.05, 0.1) is 6.20 Å². The van der Waals surface area contributed by atoms with Gasteiger partial charge in [-0.15, -0.1) is 4.99 Å². The molecule has 2 aromatic heterocycles. The number of pyridine rings is 1. The molecule has 64 valence electrons. The molecule has 0 N–H and O–H groups in total. The fraction of sp³-hybridized carbons (Fsp3) is 0.111. The molecule has 0 saturated heterocycles. The van der Waals surface area contributed by atoms with E-state index in [1.54, 1.807) is 10.6 Å². The number of rotatable bonds is 1. The molecular weight excluding hydrogens is 166 g/mol. The number of imidazole rings is 1. The van der Waals surface area contributed by atoms with E-state index in [0.29, 0.717) is 5.82 Å². The molecule has 4 nitrogen and oxygen atoms in total. The smallest absolute Gasteiger partial charge is 0.242 e. The number of isocyanates is 1. The van der Waals surface area contributed by atoms with Crippen LogP contribution >= 0.6 is 0 Å². The fourth-order valence-corrected chi connectivity index (χ4v) is 1.31. The lowest BCUT2D eigenvalue weighted by Crippen LogP contribution is -1.88. The summed E-state index contributed by atoms with van der Waals surface area (Å²) in [6, 6.07) is 5.70. The summed E-state index contributed by atoms with van der Waals surface area (Å²) in [5.74, 6) is 0.517. The van der Waals surface area contributed by atoms with Crippen LogP contribution in [-0.2, 0) is 4.79 Å². The maximum Gasteiger partial charge on any atom is 0.242 e. The van der Waals surface area contributed by atoms with E-state index in [1.807, 2.05) is 25.1 Å². The van der Waals surface area contributed by atoms with Gasteiger partial charge in [-0.25, -0.2) is 9.78 Å². The van der Waals surface area contributed by atoms with E-state index < -0.39 is 0 Å². The van der Waals surface area contributed by atoms with E-state index in [4.69, 9.17) is 0 Å². The molecule has 13 heavy (non-hydrogen) atoms. The van der Waals surface area contributed by atoms with Crippen molar-refractivity contribution in [2.24, 2.45) is 4.99 Å². The van der Waals surface area contributed by atoms with Crippen LogP contribution in [0.4, 0.5) is 5.82 Å². The van der Waals surface area contributed by atoms with Crippen LogP contribution in [0.15, 0.2) is 29.4 Å². The minimum absolute atomic E-state index is 0.517. The van der Waals surface area contributed by atoms with Crippen molar-refractivity contribution in [3.05, 3.63) is 30.1 Å². The van der Waals surface area contributed by atoms with Crippen molar-refractivity contribution < 1.29 is 4.79 Å². The van der Waals surface area contributed by atoms with E-state index in [0.717, 1.165) is 11.3 Å². The maximum absolute atomic E-state index is 10.1. The molecule has 0 aliphatic heterocycles. The lowest BCUT2D eigenvalue weighted by atomic mass is 10.4. The second kappa shape index (κ2) is 2.84. The highest BCUT2D eigenvalue weighted by Gasteiger charge is 2.02. The summed E-state index contributed by atoms with van der Waals surface area (Å²) in [6.07, 6.45) is 3.05. The number of aliphatic imine (C=N–C) groups is 1. The normalized spacial score (nSPS) is 9.92. The monoisotopic (exact) mass is 173 g/mol. The van der Waals surface area contributed by atoms with E-state index in [9.17, 15) is 4.79 Å². The molecular formula is C9H7N3O. The molecule has 2 rings (SSSR count). The quantitative estimate of drug-likeness (QED) is 0.485. The topological polar surface area (TPSA) is 46.7 Å². The second-order valence-corrected chi connectivity index (χ2v) is 2.68. The Balaban J connectivity index is 2.85. The van der Waals surface area contributed by atoms with Crippen LogP contribution in [0.2, 0.25) is 0 Å². The largest absolute Gasteiger partial charge is 0.281 e. The van der Waals surface area contributed by atoms with E-state index in [1.165, 1.54) is 6.08 Å². The molecule has 0 saturated carbocycles. The molecule has 0 fully saturated rings. The predicted molar refractivity (Wildman–Crippen MR) is 47.7 cm³/mol. The van der Waals surface area contributed by atoms with Gasteiger partial charge in [0, 0.05) is 5.69 Å². The van der Waals surface area contributed by atoms with Gasteiger partial charge in [0.1, 0.15) is 5.65 Å². The summed E-state index contributed by atoms with van der Waals surface area (Å²) in [5, 5.41) is 0. The molecule has 0 bridgehead atoms. The maximum atomic E-state index is 10.1. The second-order valence-electron chi connectivity index (χ2n) is 2.68. The molecule has 0 radical (unpaired) electrons. The summed E-state index contributed by atoms with van der Waals surface area (Å²) in [4.78, 5) is 17.7. The third kappa shape index (κ3) is 1.13. The first-order valence-electron chi connectivity index (χ1n) is 3.84. The highest BCUT2D eigenvalue weighted by atomic mass is 16.1. The van der Waals surface area contributed by atoms with E-state index in [-0.39, 0.29) is 0 Å². The lowest BCUT2D eigenvalue weighted by Gasteiger charge is -1.98. The number of aromatic nitrogens is 2. The molecule has 0 unspecified atom stereocenters. The summed E-state index contributed by atoms with van der Waals surface area (Å²) in [7, 11) is 0. The van der Waals surface area contributed by atoms with Gasteiger partial charge in [-0.2, -0.15) is 0 Å². The number of hydrogen-bond acceptors (Lipinski definition) is 3. The van der Waals surface area contributed by atoms with Gasteiger partial charge in [-0.1, -0.05) is 6.07 Å². The van der Waals surface area contributed by atoms with Gasteiger partial charge >= 0.3 is 0 Å².